The van der Waals surface area contributed by atoms with Crippen molar-refractivity contribution in [2.24, 2.45) is 9.98 Å². The van der Waals surface area contributed by atoms with Gasteiger partial charge in [-0.3, -0.25) is 9.79 Å². The number of amides is 1. The summed E-state index contributed by atoms with van der Waals surface area (Å²) in [5, 5.41) is 1.85. The highest BCUT2D eigenvalue weighted by Gasteiger charge is 1.96. The van der Waals surface area contributed by atoms with E-state index in [0.717, 1.165) is 10.6 Å². The van der Waals surface area contributed by atoms with Crippen molar-refractivity contribution < 1.29 is 4.79 Å². The van der Waals surface area contributed by atoms with E-state index in [1.807, 2.05) is 24.3 Å². The molecular formula is C10H8N2O. The lowest BCUT2D eigenvalue weighted by atomic mass is 10.2. The zero-order valence-electron chi connectivity index (χ0n) is 6.97. The van der Waals surface area contributed by atoms with Crippen molar-refractivity contribution in [2.75, 3.05) is 6.54 Å². The van der Waals surface area contributed by atoms with Gasteiger partial charge in [-0.1, -0.05) is 18.2 Å². The number of aliphatic imine (C=N–C) groups is 1. The van der Waals surface area contributed by atoms with E-state index in [0.29, 0.717) is 0 Å². The summed E-state index contributed by atoms with van der Waals surface area (Å²) < 4.78 is 0. The monoisotopic (exact) mass is 172 g/mol. The van der Waals surface area contributed by atoms with E-state index < -0.39 is 0 Å². The average molecular weight is 172 g/mol. The summed E-state index contributed by atoms with van der Waals surface area (Å²) >= 11 is 0. The number of fused-ring (bicyclic) bond motifs is 1. The number of nitrogens with zero attached hydrogens (tertiary/aromatic N) is 2. The maximum atomic E-state index is 10.9. The number of benzene rings is 1. The van der Waals surface area contributed by atoms with Crippen molar-refractivity contribution in [3.8, 4) is 0 Å². The molecule has 3 nitrogen and oxygen atoms in total. The van der Waals surface area contributed by atoms with E-state index in [1.165, 1.54) is 6.21 Å². The Morgan fingerprint density at radius 3 is 3.00 bits per heavy atom. The SMILES string of the molecule is O=C1CN=c2ccccc2=CC=N1. The molecule has 0 unspecified atom stereocenters. The van der Waals surface area contributed by atoms with Crippen LogP contribution in [0.25, 0.3) is 6.08 Å². The first-order valence-corrected chi connectivity index (χ1v) is 4.03. The van der Waals surface area contributed by atoms with Gasteiger partial charge < -0.3 is 0 Å². The molecule has 1 heterocycles. The molecule has 0 radical (unpaired) electrons. The predicted octanol–water partition coefficient (Wildman–Crippen LogP) is -0.302. The molecule has 0 N–H and O–H groups in total. The minimum absolute atomic E-state index is 0.140. The molecule has 0 atom stereocenters. The molecule has 13 heavy (non-hydrogen) atoms. The number of carbonyl (C=O) groups excluding carboxylic acids is 1. The molecule has 0 bridgehead atoms. The molecule has 1 aromatic rings. The number of hydrogen-bond donors (Lipinski definition) is 0. The van der Waals surface area contributed by atoms with Crippen molar-refractivity contribution in [2.45, 2.75) is 0 Å². The number of carbonyl (C=O) groups is 1. The van der Waals surface area contributed by atoms with Crippen LogP contribution in [0.4, 0.5) is 0 Å². The largest absolute Gasteiger partial charge is 0.275 e. The first-order chi connectivity index (χ1) is 6.36. The molecule has 1 aromatic carbocycles. The van der Waals surface area contributed by atoms with Gasteiger partial charge in [0, 0.05) is 11.4 Å². The quantitative estimate of drug-likeness (QED) is 0.529. The Bertz CT molecular complexity index is 474. The van der Waals surface area contributed by atoms with Crippen molar-refractivity contribution in [1.82, 2.24) is 0 Å². The molecule has 0 aliphatic carbocycles. The van der Waals surface area contributed by atoms with Crippen LogP contribution in [0.3, 0.4) is 0 Å². The summed E-state index contributed by atoms with van der Waals surface area (Å²) in [4.78, 5) is 18.7. The van der Waals surface area contributed by atoms with E-state index >= 15 is 0 Å². The lowest BCUT2D eigenvalue weighted by Crippen LogP contribution is -2.26. The average Bonchev–Trinajstić information content (AvgIpc) is 2.13. The molecule has 1 aliphatic rings. The topological polar surface area (TPSA) is 41.8 Å². The summed E-state index contributed by atoms with van der Waals surface area (Å²) in [7, 11) is 0. The van der Waals surface area contributed by atoms with E-state index in [2.05, 4.69) is 9.98 Å². The second-order valence-electron chi connectivity index (χ2n) is 2.71. The van der Waals surface area contributed by atoms with Crippen LogP contribution in [0.15, 0.2) is 34.3 Å². The number of hydrogen-bond acceptors (Lipinski definition) is 2. The Hall–Kier alpha value is -1.77. The van der Waals surface area contributed by atoms with Crippen molar-refractivity contribution in [1.29, 1.82) is 0 Å². The molecule has 0 fully saturated rings. The molecule has 0 saturated heterocycles. The smallest absolute Gasteiger partial charge is 0.267 e. The minimum atomic E-state index is -0.203. The zero-order chi connectivity index (χ0) is 9.10. The molecule has 0 aromatic heterocycles. The highest BCUT2D eigenvalue weighted by atomic mass is 16.1. The van der Waals surface area contributed by atoms with Crippen molar-refractivity contribution in [3.63, 3.8) is 0 Å². The summed E-state index contributed by atoms with van der Waals surface area (Å²) in [6, 6.07) is 7.67. The fourth-order valence-electron chi connectivity index (χ4n) is 1.17. The van der Waals surface area contributed by atoms with Crippen LogP contribution in [-0.4, -0.2) is 18.7 Å². The lowest BCUT2D eigenvalue weighted by molar-refractivity contribution is -0.116. The van der Waals surface area contributed by atoms with Gasteiger partial charge in [0.05, 0.1) is 5.36 Å². The Morgan fingerprint density at radius 1 is 1.23 bits per heavy atom. The first kappa shape index (κ1) is 7.86. The normalized spacial score (nSPS) is 14.9. The van der Waals surface area contributed by atoms with Gasteiger partial charge in [-0.05, 0) is 12.1 Å². The van der Waals surface area contributed by atoms with Crippen molar-refractivity contribution >= 4 is 18.2 Å². The van der Waals surface area contributed by atoms with Gasteiger partial charge in [-0.25, -0.2) is 4.99 Å². The fraction of sp³-hybridized carbons (Fsp3) is 0.100. The van der Waals surface area contributed by atoms with Gasteiger partial charge >= 0.3 is 0 Å². The Balaban J connectivity index is 2.69. The van der Waals surface area contributed by atoms with E-state index in [1.54, 1.807) is 6.08 Å². The van der Waals surface area contributed by atoms with Gasteiger partial charge in [0.2, 0.25) is 0 Å². The van der Waals surface area contributed by atoms with Crippen LogP contribution in [0.2, 0.25) is 0 Å². The number of para-hydroxylation sites is 1. The highest BCUT2D eigenvalue weighted by Crippen LogP contribution is 1.80. The molecule has 1 aliphatic heterocycles. The molecule has 0 saturated carbocycles. The molecule has 0 spiro atoms. The third-order valence-electron chi connectivity index (χ3n) is 1.79. The molecular weight excluding hydrogens is 164 g/mol. The van der Waals surface area contributed by atoms with Crippen LogP contribution < -0.4 is 10.6 Å². The molecule has 1 amide bonds. The van der Waals surface area contributed by atoms with Crippen LogP contribution in [-0.2, 0) is 4.79 Å². The minimum Gasteiger partial charge on any atom is -0.275 e. The van der Waals surface area contributed by atoms with E-state index in [9.17, 15) is 4.79 Å². The summed E-state index contributed by atoms with van der Waals surface area (Å²) in [6.45, 7) is 0.140. The maximum Gasteiger partial charge on any atom is 0.267 e. The van der Waals surface area contributed by atoms with Gasteiger partial charge in [0.15, 0.2) is 0 Å². The van der Waals surface area contributed by atoms with Crippen LogP contribution in [0, 0.1) is 0 Å². The van der Waals surface area contributed by atoms with Gasteiger partial charge in [-0.15, -0.1) is 0 Å². The molecule has 64 valence electrons. The summed E-state index contributed by atoms with van der Waals surface area (Å²) in [5.74, 6) is -0.203. The van der Waals surface area contributed by atoms with E-state index in [4.69, 9.17) is 0 Å². The van der Waals surface area contributed by atoms with Crippen LogP contribution >= 0.6 is 0 Å². The van der Waals surface area contributed by atoms with Crippen molar-refractivity contribution in [3.05, 3.63) is 34.8 Å². The van der Waals surface area contributed by atoms with Crippen LogP contribution in [0.5, 0.6) is 0 Å². The summed E-state index contributed by atoms with van der Waals surface area (Å²) in [6.07, 6.45) is 3.31. The maximum absolute atomic E-state index is 10.9. The number of rotatable bonds is 0. The van der Waals surface area contributed by atoms with Gasteiger partial charge in [-0.2, -0.15) is 0 Å². The van der Waals surface area contributed by atoms with Gasteiger partial charge in [0.25, 0.3) is 5.91 Å². The second-order valence-corrected chi connectivity index (χ2v) is 2.71. The molecule has 3 heteroatoms. The molecule has 2 rings (SSSR count). The Kier molecular flexibility index (Phi) is 2.00. The Labute approximate surface area is 75.1 Å². The van der Waals surface area contributed by atoms with E-state index in [-0.39, 0.29) is 12.5 Å². The van der Waals surface area contributed by atoms with Crippen LogP contribution in [0.1, 0.15) is 0 Å². The third kappa shape index (κ3) is 1.69. The second kappa shape index (κ2) is 3.31. The highest BCUT2D eigenvalue weighted by molar-refractivity contribution is 5.99. The van der Waals surface area contributed by atoms with Gasteiger partial charge in [0.1, 0.15) is 6.54 Å². The standard InChI is InChI=1S/C10H8N2O/c13-10-7-12-9-4-2-1-3-8(9)5-6-11-10/h1-6H,7H2. The zero-order valence-corrected chi connectivity index (χ0v) is 6.97. The Morgan fingerprint density at radius 2 is 2.08 bits per heavy atom. The first-order valence-electron chi connectivity index (χ1n) is 4.03. The fourth-order valence-corrected chi connectivity index (χ4v) is 1.17. The lowest BCUT2D eigenvalue weighted by Gasteiger charge is -1.93. The third-order valence-corrected chi connectivity index (χ3v) is 1.79. The predicted molar refractivity (Wildman–Crippen MR) is 50.1 cm³/mol. The summed E-state index contributed by atoms with van der Waals surface area (Å²) in [5.41, 5.74) is 0.